The number of hydrogen-bond donors (Lipinski definition) is 0. The minimum Gasteiger partial charge on any atom is -0.309 e. The summed E-state index contributed by atoms with van der Waals surface area (Å²) in [5.41, 5.74) is 1.55. The van der Waals surface area contributed by atoms with Crippen LogP contribution in [0.5, 0.6) is 0 Å². The van der Waals surface area contributed by atoms with Gasteiger partial charge in [0.2, 0.25) is 15.9 Å². The first-order valence-electron chi connectivity index (χ1n) is 8.07. The van der Waals surface area contributed by atoms with E-state index in [2.05, 4.69) is 0 Å². The number of carbonyl (C=O) groups excluding carboxylic acids is 1. The molecule has 0 spiro atoms. The first-order chi connectivity index (χ1) is 12.2. The Bertz CT molecular complexity index is 947. The molecule has 1 atom stereocenters. The lowest BCUT2D eigenvalue weighted by Gasteiger charge is -2.38. The van der Waals surface area contributed by atoms with E-state index in [4.69, 9.17) is 11.6 Å². The molecule has 1 aliphatic heterocycles. The highest BCUT2D eigenvalue weighted by Crippen LogP contribution is 2.29. The summed E-state index contributed by atoms with van der Waals surface area (Å²) in [7, 11) is -3.89. The van der Waals surface area contributed by atoms with E-state index in [-0.39, 0.29) is 23.9 Å². The highest BCUT2D eigenvalue weighted by Gasteiger charge is 2.39. The Balaban J connectivity index is 1.90. The lowest BCUT2D eigenvalue weighted by molar-refractivity contribution is -0.123. The van der Waals surface area contributed by atoms with Crippen LogP contribution in [0.2, 0.25) is 5.02 Å². The molecule has 2 aromatic carbocycles. The van der Waals surface area contributed by atoms with E-state index in [9.17, 15) is 17.6 Å². The first-order valence-corrected chi connectivity index (χ1v) is 9.88. The van der Waals surface area contributed by atoms with Crippen molar-refractivity contribution in [2.45, 2.75) is 24.8 Å². The summed E-state index contributed by atoms with van der Waals surface area (Å²) in [6.07, 6.45) is 0. The fourth-order valence-electron chi connectivity index (χ4n) is 3.03. The molecule has 0 bridgehead atoms. The van der Waals surface area contributed by atoms with Gasteiger partial charge < -0.3 is 4.90 Å². The highest BCUT2D eigenvalue weighted by molar-refractivity contribution is 7.89. The first kappa shape index (κ1) is 18.8. The monoisotopic (exact) mass is 396 g/mol. The van der Waals surface area contributed by atoms with Crippen LogP contribution < -0.4 is 4.90 Å². The Morgan fingerprint density at radius 1 is 1.12 bits per heavy atom. The summed E-state index contributed by atoms with van der Waals surface area (Å²) < 4.78 is 39.9. The number of sulfonamides is 1. The molecule has 138 valence electrons. The minimum absolute atomic E-state index is 0.0362. The molecule has 0 aliphatic carbocycles. The normalized spacial score (nSPS) is 19.0. The number of benzene rings is 2. The van der Waals surface area contributed by atoms with Crippen molar-refractivity contribution in [2.75, 3.05) is 18.0 Å². The number of carbonyl (C=O) groups is 1. The van der Waals surface area contributed by atoms with E-state index in [1.54, 1.807) is 24.0 Å². The molecule has 1 fully saturated rings. The van der Waals surface area contributed by atoms with Crippen molar-refractivity contribution in [1.82, 2.24) is 4.31 Å². The lowest BCUT2D eigenvalue weighted by atomic mass is 10.1. The van der Waals surface area contributed by atoms with Gasteiger partial charge in [0, 0.05) is 23.8 Å². The second-order valence-electron chi connectivity index (χ2n) is 6.17. The summed E-state index contributed by atoms with van der Waals surface area (Å²) in [5, 5.41) is 0.507. The highest BCUT2D eigenvalue weighted by atomic mass is 35.5. The standard InChI is InChI=1S/C18H18ClFN2O3S/c1-12-3-4-14(19)11-17(12)21-9-10-22(13(2)18(21)23)26(24,25)16-7-5-15(20)6-8-16/h3-8,11,13H,9-10H2,1-2H3. The Hall–Kier alpha value is -1.96. The number of hydrogen-bond acceptors (Lipinski definition) is 3. The number of rotatable bonds is 3. The molecule has 1 amide bonds. The molecular formula is C18H18ClFN2O3S. The summed E-state index contributed by atoms with van der Waals surface area (Å²) >= 11 is 6.04. The Morgan fingerprint density at radius 2 is 1.77 bits per heavy atom. The van der Waals surface area contributed by atoms with Gasteiger partial charge in [-0.2, -0.15) is 4.31 Å². The zero-order valence-corrected chi connectivity index (χ0v) is 15.9. The number of anilines is 1. The third-order valence-electron chi connectivity index (χ3n) is 4.48. The summed E-state index contributed by atoms with van der Waals surface area (Å²) in [5.74, 6) is -0.846. The zero-order chi connectivity index (χ0) is 19.1. The predicted octanol–water partition coefficient (Wildman–Crippen LogP) is 3.21. The van der Waals surface area contributed by atoms with Crippen molar-refractivity contribution in [3.05, 3.63) is 58.9 Å². The van der Waals surface area contributed by atoms with Gasteiger partial charge in [-0.3, -0.25) is 4.79 Å². The van der Waals surface area contributed by atoms with Crippen LogP contribution in [-0.2, 0) is 14.8 Å². The Morgan fingerprint density at radius 3 is 2.42 bits per heavy atom. The van der Waals surface area contributed by atoms with Crippen molar-refractivity contribution < 1.29 is 17.6 Å². The number of aryl methyl sites for hydroxylation is 1. The molecule has 0 saturated carbocycles. The molecule has 5 nitrogen and oxygen atoms in total. The Labute approximate surface area is 157 Å². The van der Waals surface area contributed by atoms with Crippen molar-refractivity contribution >= 4 is 33.2 Å². The quantitative estimate of drug-likeness (QED) is 0.800. The minimum atomic E-state index is -3.89. The van der Waals surface area contributed by atoms with E-state index >= 15 is 0 Å². The second-order valence-corrected chi connectivity index (χ2v) is 8.49. The molecule has 1 saturated heterocycles. The van der Waals surface area contributed by atoms with Gasteiger partial charge in [0.1, 0.15) is 11.9 Å². The van der Waals surface area contributed by atoms with Crippen molar-refractivity contribution in [1.29, 1.82) is 0 Å². The summed E-state index contributed by atoms with van der Waals surface area (Å²) in [6, 6.07) is 8.96. The van der Waals surface area contributed by atoms with Crippen LogP contribution in [-0.4, -0.2) is 37.8 Å². The smallest absolute Gasteiger partial charge is 0.245 e. The van der Waals surface area contributed by atoms with Gasteiger partial charge in [-0.15, -0.1) is 0 Å². The SMILES string of the molecule is Cc1ccc(Cl)cc1N1CCN(S(=O)(=O)c2ccc(F)cc2)C(C)C1=O. The van der Waals surface area contributed by atoms with Crippen LogP contribution in [0.4, 0.5) is 10.1 Å². The van der Waals surface area contributed by atoms with Crippen LogP contribution in [0.25, 0.3) is 0 Å². The molecular weight excluding hydrogens is 379 g/mol. The average molecular weight is 397 g/mol. The van der Waals surface area contributed by atoms with Gasteiger partial charge in [0.05, 0.1) is 4.90 Å². The van der Waals surface area contributed by atoms with Gasteiger partial charge in [0.25, 0.3) is 0 Å². The van der Waals surface area contributed by atoms with Crippen LogP contribution >= 0.6 is 11.6 Å². The number of piperazine rings is 1. The maximum Gasteiger partial charge on any atom is 0.245 e. The van der Waals surface area contributed by atoms with Crippen molar-refractivity contribution in [2.24, 2.45) is 0 Å². The van der Waals surface area contributed by atoms with Crippen LogP contribution in [0.1, 0.15) is 12.5 Å². The zero-order valence-electron chi connectivity index (χ0n) is 14.3. The molecule has 1 heterocycles. The molecule has 8 heteroatoms. The molecule has 0 radical (unpaired) electrons. The summed E-state index contributed by atoms with van der Waals surface area (Å²) in [6.45, 7) is 3.77. The van der Waals surface area contributed by atoms with E-state index in [0.29, 0.717) is 10.7 Å². The summed E-state index contributed by atoms with van der Waals surface area (Å²) in [4.78, 5) is 14.4. The van der Waals surface area contributed by atoms with Crippen molar-refractivity contribution in [3.63, 3.8) is 0 Å². The topological polar surface area (TPSA) is 57.7 Å². The van der Waals surface area contributed by atoms with Gasteiger partial charge in [0.15, 0.2) is 0 Å². The molecule has 0 aromatic heterocycles. The van der Waals surface area contributed by atoms with Gasteiger partial charge >= 0.3 is 0 Å². The lowest BCUT2D eigenvalue weighted by Crippen LogP contribution is -2.57. The predicted molar refractivity (Wildman–Crippen MR) is 98.3 cm³/mol. The fourth-order valence-corrected chi connectivity index (χ4v) is 4.78. The molecule has 3 rings (SSSR count). The van der Waals surface area contributed by atoms with Crippen LogP contribution in [0.3, 0.4) is 0 Å². The average Bonchev–Trinajstić information content (AvgIpc) is 2.60. The number of amides is 1. The third-order valence-corrected chi connectivity index (χ3v) is 6.70. The van der Waals surface area contributed by atoms with Crippen LogP contribution in [0.15, 0.2) is 47.4 Å². The van der Waals surface area contributed by atoms with Gasteiger partial charge in [-0.25, -0.2) is 12.8 Å². The molecule has 26 heavy (non-hydrogen) atoms. The molecule has 0 N–H and O–H groups in total. The number of halogens is 2. The van der Waals surface area contributed by atoms with Gasteiger partial charge in [-0.1, -0.05) is 17.7 Å². The maximum atomic E-state index is 13.1. The van der Waals surface area contributed by atoms with Crippen molar-refractivity contribution in [3.8, 4) is 0 Å². The third kappa shape index (κ3) is 3.34. The van der Waals surface area contributed by atoms with E-state index in [1.807, 2.05) is 13.0 Å². The van der Waals surface area contributed by atoms with E-state index in [0.717, 1.165) is 22.0 Å². The Kier molecular flexibility index (Phi) is 5.05. The molecule has 1 unspecified atom stereocenters. The molecule has 2 aromatic rings. The molecule has 1 aliphatic rings. The largest absolute Gasteiger partial charge is 0.309 e. The fraction of sp³-hybridized carbons (Fsp3) is 0.278. The number of nitrogens with zero attached hydrogens (tertiary/aromatic N) is 2. The maximum absolute atomic E-state index is 13.1. The van der Waals surface area contributed by atoms with E-state index in [1.165, 1.54) is 12.1 Å². The second kappa shape index (κ2) is 6.98. The van der Waals surface area contributed by atoms with Gasteiger partial charge in [-0.05, 0) is 55.8 Å². The van der Waals surface area contributed by atoms with Crippen LogP contribution in [0, 0.1) is 12.7 Å². The van der Waals surface area contributed by atoms with E-state index < -0.39 is 21.9 Å².